The smallest absolute Gasteiger partial charge is 0.274 e. The molecule has 2 rings (SSSR count). The Kier molecular flexibility index (Phi) is 2.64. The van der Waals surface area contributed by atoms with Crippen molar-refractivity contribution >= 4 is 16.8 Å². The first kappa shape index (κ1) is 10.7. The maximum Gasteiger partial charge on any atom is 0.274 e. The summed E-state index contributed by atoms with van der Waals surface area (Å²) in [5, 5.41) is 7.82. The number of para-hydroxylation sites is 1. The molecule has 1 aromatic heterocycles. The van der Waals surface area contributed by atoms with Crippen molar-refractivity contribution in [3.63, 3.8) is 0 Å². The van der Waals surface area contributed by atoms with Gasteiger partial charge in [0.05, 0.1) is 5.52 Å². The van der Waals surface area contributed by atoms with E-state index in [1.807, 2.05) is 38.1 Å². The number of H-pyrrole nitrogens is 1. The second-order valence-corrected chi connectivity index (χ2v) is 4.13. The Morgan fingerprint density at radius 3 is 2.75 bits per heavy atom. The predicted molar refractivity (Wildman–Crippen MR) is 63.3 cm³/mol. The molecule has 1 amide bonds. The third kappa shape index (κ3) is 1.66. The summed E-state index contributed by atoms with van der Waals surface area (Å²) < 4.78 is 0. The summed E-state index contributed by atoms with van der Waals surface area (Å²) in [4.78, 5) is 13.8. The summed E-state index contributed by atoms with van der Waals surface area (Å²) in [6, 6.07) is 7.81. The summed E-state index contributed by atoms with van der Waals surface area (Å²) in [6.07, 6.45) is 0. The van der Waals surface area contributed by atoms with E-state index in [-0.39, 0.29) is 11.9 Å². The lowest BCUT2D eigenvalue weighted by atomic mass is 10.2. The molecular formula is C12H15N3O. The van der Waals surface area contributed by atoms with Gasteiger partial charge in [0, 0.05) is 18.5 Å². The van der Waals surface area contributed by atoms with E-state index < -0.39 is 0 Å². The van der Waals surface area contributed by atoms with Crippen molar-refractivity contribution in [2.24, 2.45) is 0 Å². The maximum atomic E-state index is 12.1. The molecule has 1 aromatic carbocycles. The van der Waals surface area contributed by atoms with Gasteiger partial charge in [-0.2, -0.15) is 5.10 Å². The van der Waals surface area contributed by atoms with Crippen molar-refractivity contribution in [3.05, 3.63) is 30.0 Å². The fourth-order valence-electron chi connectivity index (χ4n) is 1.53. The topological polar surface area (TPSA) is 49.0 Å². The van der Waals surface area contributed by atoms with Gasteiger partial charge >= 0.3 is 0 Å². The van der Waals surface area contributed by atoms with Crippen LogP contribution in [0.5, 0.6) is 0 Å². The standard InChI is InChI=1S/C12H15N3O/c1-8(2)15(3)12(16)11-9-6-4-5-7-10(9)13-14-11/h4-8H,1-3H3,(H,13,14). The molecule has 1 heterocycles. The summed E-state index contributed by atoms with van der Waals surface area (Å²) in [7, 11) is 1.79. The van der Waals surface area contributed by atoms with Crippen LogP contribution in [0.15, 0.2) is 24.3 Å². The molecule has 0 fully saturated rings. The first-order valence-electron chi connectivity index (χ1n) is 5.31. The number of rotatable bonds is 2. The van der Waals surface area contributed by atoms with Gasteiger partial charge in [0.2, 0.25) is 0 Å². The molecule has 2 aromatic rings. The number of hydrogen-bond acceptors (Lipinski definition) is 2. The Bertz CT molecular complexity index is 516. The zero-order valence-electron chi connectivity index (χ0n) is 9.69. The fraction of sp³-hybridized carbons (Fsp3) is 0.333. The number of aromatic amines is 1. The zero-order valence-corrected chi connectivity index (χ0v) is 9.69. The molecule has 0 spiro atoms. The largest absolute Gasteiger partial charge is 0.338 e. The third-order valence-electron chi connectivity index (χ3n) is 2.77. The first-order valence-corrected chi connectivity index (χ1v) is 5.31. The minimum Gasteiger partial charge on any atom is -0.338 e. The van der Waals surface area contributed by atoms with Gasteiger partial charge in [0.25, 0.3) is 5.91 Å². The van der Waals surface area contributed by atoms with E-state index in [9.17, 15) is 4.79 Å². The number of benzene rings is 1. The third-order valence-corrected chi connectivity index (χ3v) is 2.77. The van der Waals surface area contributed by atoms with Gasteiger partial charge in [-0.25, -0.2) is 0 Å². The van der Waals surface area contributed by atoms with Gasteiger partial charge in [-0.1, -0.05) is 18.2 Å². The highest BCUT2D eigenvalue weighted by Crippen LogP contribution is 2.16. The molecule has 1 N–H and O–H groups in total. The quantitative estimate of drug-likeness (QED) is 0.836. The Morgan fingerprint density at radius 2 is 2.06 bits per heavy atom. The lowest BCUT2D eigenvalue weighted by Crippen LogP contribution is -2.33. The van der Waals surface area contributed by atoms with Gasteiger partial charge in [0.1, 0.15) is 0 Å². The van der Waals surface area contributed by atoms with Crippen molar-refractivity contribution in [2.75, 3.05) is 7.05 Å². The molecule has 0 saturated carbocycles. The monoisotopic (exact) mass is 217 g/mol. The van der Waals surface area contributed by atoms with Crippen LogP contribution in [0.2, 0.25) is 0 Å². The summed E-state index contributed by atoms with van der Waals surface area (Å²) in [5.41, 5.74) is 1.38. The van der Waals surface area contributed by atoms with Gasteiger partial charge in [-0.15, -0.1) is 0 Å². The second-order valence-electron chi connectivity index (χ2n) is 4.13. The molecule has 0 bridgehead atoms. The summed E-state index contributed by atoms with van der Waals surface area (Å²) in [6.45, 7) is 3.96. The van der Waals surface area contributed by atoms with Crippen LogP contribution in [0, 0.1) is 0 Å². The van der Waals surface area contributed by atoms with E-state index in [1.54, 1.807) is 11.9 Å². The minimum atomic E-state index is -0.0487. The minimum absolute atomic E-state index is 0.0487. The van der Waals surface area contributed by atoms with Crippen molar-refractivity contribution in [1.29, 1.82) is 0 Å². The Hall–Kier alpha value is -1.84. The van der Waals surface area contributed by atoms with Crippen LogP contribution in [0.3, 0.4) is 0 Å². The number of fused-ring (bicyclic) bond motifs is 1. The van der Waals surface area contributed by atoms with Crippen molar-refractivity contribution in [3.8, 4) is 0 Å². The number of hydrogen-bond donors (Lipinski definition) is 1. The molecule has 16 heavy (non-hydrogen) atoms. The molecule has 0 aliphatic rings. The highest BCUT2D eigenvalue weighted by atomic mass is 16.2. The fourth-order valence-corrected chi connectivity index (χ4v) is 1.53. The lowest BCUT2D eigenvalue weighted by Gasteiger charge is -2.20. The molecule has 84 valence electrons. The van der Waals surface area contributed by atoms with Gasteiger partial charge in [0.15, 0.2) is 5.69 Å². The first-order chi connectivity index (χ1) is 7.61. The van der Waals surface area contributed by atoms with Crippen molar-refractivity contribution in [2.45, 2.75) is 19.9 Å². The van der Waals surface area contributed by atoms with Crippen molar-refractivity contribution in [1.82, 2.24) is 15.1 Å². The van der Waals surface area contributed by atoms with E-state index in [0.29, 0.717) is 5.69 Å². The lowest BCUT2D eigenvalue weighted by molar-refractivity contribution is 0.0751. The predicted octanol–water partition coefficient (Wildman–Crippen LogP) is 2.04. The molecule has 0 saturated heterocycles. The normalized spacial score (nSPS) is 11.0. The van der Waals surface area contributed by atoms with E-state index in [0.717, 1.165) is 10.9 Å². The van der Waals surface area contributed by atoms with Crippen LogP contribution < -0.4 is 0 Å². The number of carbonyl (C=O) groups excluding carboxylic acids is 1. The highest BCUT2D eigenvalue weighted by Gasteiger charge is 2.19. The molecule has 0 aliphatic carbocycles. The number of nitrogens with one attached hydrogen (secondary N) is 1. The number of carbonyl (C=O) groups is 1. The molecular weight excluding hydrogens is 202 g/mol. The Morgan fingerprint density at radius 1 is 1.38 bits per heavy atom. The van der Waals surface area contributed by atoms with Crippen LogP contribution in [0.1, 0.15) is 24.3 Å². The van der Waals surface area contributed by atoms with Gasteiger partial charge < -0.3 is 4.90 Å². The average Bonchev–Trinajstić information content (AvgIpc) is 2.70. The van der Waals surface area contributed by atoms with Crippen LogP contribution in [-0.4, -0.2) is 34.1 Å². The second kappa shape index (κ2) is 3.96. The van der Waals surface area contributed by atoms with Crippen LogP contribution in [-0.2, 0) is 0 Å². The number of amides is 1. The van der Waals surface area contributed by atoms with Crippen LogP contribution in [0.25, 0.3) is 10.9 Å². The molecule has 0 unspecified atom stereocenters. The van der Waals surface area contributed by atoms with Gasteiger partial charge in [-0.3, -0.25) is 9.89 Å². The molecule has 0 atom stereocenters. The number of nitrogens with zero attached hydrogens (tertiary/aromatic N) is 2. The average molecular weight is 217 g/mol. The zero-order chi connectivity index (χ0) is 11.7. The summed E-state index contributed by atoms with van der Waals surface area (Å²) in [5.74, 6) is -0.0487. The van der Waals surface area contributed by atoms with E-state index in [4.69, 9.17) is 0 Å². The van der Waals surface area contributed by atoms with Crippen LogP contribution in [0.4, 0.5) is 0 Å². The van der Waals surface area contributed by atoms with Gasteiger partial charge in [-0.05, 0) is 19.9 Å². The Labute approximate surface area is 94.3 Å². The highest BCUT2D eigenvalue weighted by molar-refractivity contribution is 6.04. The summed E-state index contributed by atoms with van der Waals surface area (Å²) >= 11 is 0. The van der Waals surface area contributed by atoms with E-state index >= 15 is 0 Å². The molecule has 0 radical (unpaired) electrons. The molecule has 4 heteroatoms. The molecule has 4 nitrogen and oxygen atoms in total. The SMILES string of the molecule is CC(C)N(C)C(=O)c1n[nH]c2ccccc12. The van der Waals surface area contributed by atoms with Crippen molar-refractivity contribution < 1.29 is 4.79 Å². The number of aromatic nitrogens is 2. The molecule has 0 aliphatic heterocycles. The van der Waals surface area contributed by atoms with E-state index in [1.165, 1.54) is 0 Å². The van der Waals surface area contributed by atoms with E-state index in [2.05, 4.69) is 10.2 Å². The Balaban J connectivity index is 2.44. The van der Waals surface area contributed by atoms with Crippen LogP contribution >= 0.6 is 0 Å². The maximum absolute atomic E-state index is 12.1.